The van der Waals surface area contributed by atoms with Gasteiger partial charge in [-0.25, -0.2) is 4.68 Å². The molecule has 96 valence electrons. The maximum atomic E-state index is 5.49. The number of nitrogens with zero attached hydrogens (tertiary/aromatic N) is 4. The van der Waals surface area contributed by atoms with Gasteiger partial charge in [0.2, 0.25) is 5.16 Å². The van der Waals surface area contributed by atoms with Crippen molar-refractivity contribution < 1.29 is 4.74 Å². The van der Waals surface area contributed by atoms with Crippen molar-refractivity contribution in [2.75, 3.05) is 7.11 Å². The van der Waals surface area contributed by atoms with Crippen LogP contribution in [-0.2, 0) is 11.3 Å². The highest BCUT2D eigenvalue weighted by atomic mass is 32.2. The van der Waals surface area contributed by atoms with Crippen LogP contribution in [0.3, 0.4) is 0 Å². The molecule has 1 aliphatic carbocycles. The Bertz CT molecular complexity index is 355. The number of thioether (sulfide) groups is 1. The topological polar surface area (TPSA) is 52.8 Å². The number of hydrogen-bond donors (Lipinski definition) is 0. The fourth-order valence-corrected chi connectivity index (χ4v) is 3.44. The predicted octanol–water partition coefficient (Wildman–Crippen LogP) is 1.99. The summed E-state index contributed by atoms with van der Waals surface area (Å²) in [7, 11) is 1.79. The Kier molecular flexibility index (Phi) is 4.39. The van der Waals surface area contributed by atoms with E-state index in [9.17, 15) is 0 Å². The third kappa shape index (κ3) is 3.19. The maximum absolute atomic E-state index is 5.49. The lowest BCUT2D eigenvalue weighted by molar-refractivity contribution is 0.113. The zero-order valence-electron chi connectivity index (χ0n) is 10.7. The van der Waals surface area contributed by atoms with Gasteiger partial charge in [0.1, 0.15) is 0 Å². The summed E-state index contributed by atoms with van der Waals surface area (Å²) in [5.41, 5.74) is 0. The molecular formula is C11H20N4OS. The van der Waals surface area contributed by atoms with Gasteiger partial charge in [-0.3, -0.25) is 0 Å². The molecule has 1 aromatic heterocycles. The summed E-state index contributed by atoms with van der Waals surface area (Å²) in [6.45, 7) is 5.22. The third-order valence-corrected chi connectivity index (χ3v) is 4.33. The van der Waals surface area contributed by atoms with Gasteiger partial charge >= 0.3 is 0 Å². The van der Waals surface area contributed by atoms with Crippen molar-refractivity contribution in [3.63, 3.8) is 0 Å². The Morgan fingerprint density at radius 3 is 3.00 bits per heavy atom. The van der Waals surface area contributed by atoms with Crippen LogP contribution in [0.2, 0.25) is 0 Å². The van der Waals surface area contributed by atoms with Crippen LogP contribution in [0.4, 0.5) is 0 Å². The van der Waals surface area contributed by atoms with E-state index in [1.54, 1.807) is 18.9 Å². The molecule has 1 aromatic rings. The molecule has 1 aliphatic rings. The molecule has 1 saturated carbocycles. The van der Waals surface area contributed by atoms with Crippen molar-refractivity contribution in [1.82, 2.24) is 20.2 Å². The molecule has 0 aromatic carbocycles. The average molecular weight is 256 g/mol. The van der Waals surface area contributed by atoms with E-state index >= 15 is 0 Å². The molecule has 0 bridgehead atoms. The van der Waals surface area contributed by atoms with E-state index in [0.29, 0.717) is 17.3 Å². The van der Waals surface area contributed by atoms with E-state index in [4.69, 9.17) is 4.74 Å². The molecule has 0 N–H and O–H groups in total. The van der Waals surface area contributed by atoms with Crippen LogP contribution in [0.5, 0.6) is 0 Å². The minimum Gasteiger partial charge on any atom is -0.380 e. The SMILES string of the molecule is COC1CCCC1Sc1nnnn1CC(C)C. The molecule has 17 heavy (non-hydrogen) atoms. The molecule has 0 aliphatic heterocycles. The van der Waals surface area contributed by atoms with Gasteiger partial charge in [0.05, 0.1) is 6.10 Å². The molecule has 6 heteroatoms. The smallest absolute Gasteiger partial charge is 0.209 e. The van der Waals surface area contributed by atoms with Gasteiger partial charge in [0.25, 0.3) is 0 Å². The summed E-state index contributed by atoms with van der Waals surface area (Å²) < 4.78 is 7.40. The number of methoxy groups -OCH3 is 1. The minimum atomic E-state index is 0.351. The Morgan fingerprint density at radius 2 is 2.29 bits per heavy atom. The predicted molar refractivity (Wildman–Crippen MR) is 66.9 cm³/mol. The van der Waals surface area contributed by atoms with E-state index in [-0.39, 0.29) is 0 Å². The molecule has 1 fully saturated rings. The van der Waals surface area contributed by atoms with Gasteiger partial charge in [0.15, 0.2) is 0 Å². The van der Waals surface area contributed by atoms with Gasteiger partial charge in [-0.05, 0) is 35.6 Å². The second-order valence-corrected chi connectivity index (χ2v) is 6.11. The van der Waals surface area contributed by atoms with Gasteiger partial charge < -0.3 is 4.74 Å². The monoisotopic (exact) mass is 256 g/mol. The molecule has 2 unspecified atom stereocenters. The molecule has 2 rings (SSSR count). The van der Waals surface area contributed by atoms with E-state index in [1.807, 2.05) is 4.68 Å². The van der Waals surface area contributed by atoms with Gasteiger partial charge in [0, 0.05) is 18.9 Å². The third-order valence-electron chi connectivity index (χ3n) is 2.99. The van der Waals surface area contributed by atoms with Gasteiger partial charge in [-0.2, -0.15) is 0 Å². The van der Waals surface area contributed by atoms with Crippen LogP contribution >= 0.6 is 11.8 Å². The lowest BCUT2D eigenvalue weighted by Gasteiger charge is -2.17. The summed E-state index contributed by atoms with van der Waals surface area (Å²) in [5, 5.41) is 13.3. The Hall–Kier alpha value is -0.620. The second-order valence-electron chi connectivity index (χ2n) is 4.90. The number of aromatic nitrogens is 4. The van der Waals surface area contributed by atoms with Gasteiger partial charge in [-0.1, -0.05) is 25.6 Å². The van der Waals surface area contributed by atoms with Crippen LogP contribution in [0.25, 0.3) is 0 Å². The Balaban J connectivity index is 2.00. The summed E-state index contributed by atoms with van der Waals surface area (Å²) in [6.07, 6.45) is 3.93. The molecule has 0 spiro atoms. The maximum Gasteiger partial charge on any atom is 0.209 e. The van der Waals surface area contributed by atoms with Crippen molar-refractivity contribution in [1.29, 1.82) is 0 Å². The first-order chi connectivity index (χ1) is 8.20. The first-order valence-corrected chi connectivity index (χ1v) is 7.04. The normalized spacial score (nSPS) is 24.7. The minimum absolute atomic E-state index is 0.351. The summed E-state index contributed by atoms with van der Waals surface area (Å²) in [6, 6.07) is 0. The highest BCUT2D eigenvalue weighted by molar-refractivity contribution is 7.99. The highest BCUT2D eigenvalue weighted by Gasteiger charge is 2.29. The summed E-state index contributed by atoms with van der Waals surface area (Å²) in [5.74, 6) is 0.555. The zero-order valence-corrected chi connectivity index (χ0v) is 11.5. The number of hydrogen-bond acceptors (Lipinski definition) is 5. The standard InChI is InChI=1S/C11H20N4OS/c1-8(2)7-15-11(12-13-14-15)17-10-6-4-5-9(10)16-3/h8-10H,4-7H2,1-3H3. The summed E-state index contributed by atoms with van der Waals surface area (Å²) in [4.78, 5) is 0. The molecular weight excluding hydrogens is 236 g/mol. The van der Waals surface area contributed by atoms with Crippen LogP contribution < -0.4 is 0 Å². The fraction of sp³-hybridized carbons (Fsp3) is 0.909. The van der Waals surface area contributed by atoms with Crippen LogP contribution in [0.15, 0.2) is 5.16 Å². The lowest BCUT2D eigenvalue weighted by atomic mass is 10.2. The van der Waals surface area contributed by atoms with Gasteiger partial charge in [-0.15, -0.1) is 5.10 Å². The Morgan fingerprint density at radius 1 is 1.47 bits per heavy atom. The van der Waals surface area contributed by atoms with Crippen molar-refractivity contribution in [2.24, 2.45) is 5.92 Å². The Labute approximate surface area is 106 Å². The molecule has 0 amide bonds. The highest BCUT2D eigenvalue weighted by Crippen LogP contribution is 2.35. The van der Waals surface area contributed by atoms with Crippen molar-refractivity contribution in [3.8, 4) is 0 Å². The number of tetrazole rings is 1. The van der Waals surface area contributed by atoms with E-state index in [2.05, 4.69) is 29.4 Å². The van der Waals surface area contributed by atoms with Crippen LogP contribution in [0, 0.1) is 5.92 Å². The van der Waals surface area contributed by atoms with Crippen molar-refractivity contribution >= 4 is 11.8 Å². The molecule has 0 radical (unpaired) electrons. The van der Waals surface area contributed by atoms with Crippen molar-refractivity contribution in [2.45, 2.75) is 56.2 Å². The quantitative estimate of drug-likeness (QED) is 0.806. The average Bonchev–Trinajstić information content (AvgIpc) is 2.88. The first-order valence-electron chi connectivity index (χ1n) is 6.16. The summed E-state index contributed by atoms with van der Waals surface area (Å²) >= 11 is 1.76. The molecule has 5 nitrogen and oxygen atoms in total. The first kappa shape index (κ1) is 12.8. The van der Waals surface area contributed by atoms with E-state index in [1.165, 1.54) is 12.8 Å². The zero-order chi connectivity index (χ0) is 12.3. The van der Waals surface area contributed by atoms with Crippen LogP contribution in [0.1, 0.15) is 33.1 Å². The number of ether oxygens (including phenoxy) is 1. The van der Waals surface area contributed by atoms with Crippen LogP contribution in [-0.4, -0.2) is 38.7 Å². The number of rotatable bonds is 5. The largest absolute Gasteiger partial charge is 0.380 e. The van der Waals surface area contributed by atoms with Crippen molar-refractivity contribution in [3.05, 3.63) is 0 Å². The second kappa shape index (κ2) is 5.82. The lowest BCUT2D eigenvalue weighted by Crippen LogP contribution is -2.19. The van der Waals surface area contributed by atoms with E-state index < -0.39 is 0 Å². The molecule has 0 saturated heterocycles. The molecule has 2 atom stereocenters. The fourth-order valence-electron chi connectivity index (χ4n) is 2.17. The molecule has 1 heterocycles. The van der Waals surface area contributed by atoms with E-state index in [0.717, 1.165) is 18.1 Å².